The zero-order valence-corrected chi connectivity index (χ0v) is 23.4. The Labute approximate surface area is 219 Å². The van der Waals surface area contributed by atoms with Crippen LogP contribution in [-0.2, 0) is 30.4 Å². The Hall–Kier alpha value is -2.88. The van der Waals surface area contributed by atoms with Gasteiger partial charge in [0, 0.05) is 25.1 Å². The zero-order chi connectivity index (χ0) is 27.7. The summed E-state index contributed by atoms with van der Waals surface area (Å²) in [6, 6.07) is 6.63. The van der Waals surface area contributed by atoms with Gasteiger partial charge in [0.2, 0.25) is 29.5 Å². The van der Waals surface area contributed by atoms with E-state index in [0.717, 1.165) is 16.9 Å². The molecule has 202 valence electrons. The van der Waals surface area contributed by atoms with Crippen molar-refractivity contribution in [3.05, 3.63) is 29.8 Å². The molecule has 1 aliphatic rings. The molecule has 3 N–H and O–H groups in total. The first-order valence-corrected chi connectivity index (χ1v) is 13.8. The quantitative estimate of drug-likeness (QED) is 0.406. The van der Waals surface area contributed by atoms with Crippen LogP contribution in [-0.4, -0.2) is 65.1 Å². The molecule has 0 bridgehead atoms. The molecule has 2 atom stereocenters. The van der Waals surface area contributed by atoms with Crippen molar-refractivity contribution in [1.29, 1.82) is 0 Å². The van der Waals surface area contributed by atoms with Gasteiger partial charge in [-0.3, -0.25) is 28.9 Å². The molecule has 1 aromatic carbocycles. The van der Waals surface area contributed by atoms with Crippen molar-refractivity contribution in [3.63, 3.8) is 0 Å². The molecular weight excluding hydrogens is 480 g/mol. The smallest absolute Gasteiger partial charge is 0.246 e. The van der Waals surface area contributed by atoms with Crippen LogP contribution in [0.2, 0.25) is 0 Å². The Kier molecular flexibility index (Phi) is 16.9. The molecule has 1 aromatic rings. The monoisotopic (exact) mass is 522 g/mol. The number of hydrogen-bond donors (Lipinski definition) is 3. The Morgan fingerprint density at radius 2 is 1.64 bits per heavy atom. The first kappa shape index (κ1) is 33.1. The van der Waals surface area contributed by atoms with Crippen molar-refractivity contribution < 1.29 is 24.0 Å². The average molecular weight is 523 g/mol. The number of thioether (sulfide) groups is 1. The van der Waals surface area contributed by atoms with Gasteiger partial charge in [0.05, 0.1) is 11.8 Å². The van der Waals surface area contributed by atoms with Crippen molar-refractivity contribution >= 4 is 47.0 Å². The van der Waals surface area contributed by atoms with Gasteiger partial charge in [-0.2, -0.15) is 11.8 Å². The maximum Gasteiger partial charge on any atom is 0.246 e. The van der Waals surface area contributed by atoms with Gasteiger partial charge in [-0.1, -0.05) is 53.2 Å². The van der Waals surface area contributed by atoms with E-state index in [9.17, 15) is 24.0 Å². The van der Waals surface area contributed by atoms with E-state index in [2.05, 4.69) is 29.8 Å². The third-order valence-electron chi connectivity index (χ3n) is 4.90. The van der Waals surface area contributed by atoms with Crippen molar-refractivity contribution in [1.82, 2.24) is 15.5 Å². The summed E-state index contributed by atoms with van der Waals surface area (Å²) < 4.78 is 0. The topological polar surface area (TPSA) is 125 Å². The number of nitrogens with one attached hydrogen (secondary N) is 3. The van der Waals surface area contributed by atoms with E-state index in [1.165, 1.54) is 18.2 Å². The minimum absolute atomic E-state index is 0.0161. The Bertz CT molecular complexity index is 860. The molecule has 0 aliphatic carbocycles. The van der Waals surface area contributed by atoms with Gasteiger partial charge in [0.15, 0.2) is 0 Å². The highest BCUT2D eigenvalue weighted by Crippen LogP contribution is 2.23. The number of rotatable bonds is 10. The lowest BCUT2D eigenvalue weighted by Gasteiger charge is -2.16. The van der Waals surface area contributed by atoms with Crippen molar-refractivity contribution in [2.45, 2.75) is 78.5 Å². The van der Waals surface area contributed by atoms with Gasteiger partial charge in [-0.05, 0) is 37.3 Å². The highest BCUT2D eigenvalue weighted by Gasteiger charge is 2.37. The van der Waals surface area contributed by atoms with Gasteiger partial charge >= 0.3 is 0 Å². The summed E-state index contributed by atoms with van der Waals surface area (Å²) in [6.07, 6.45) is 3.96. The molecule has 0 radical (unpaired) electrons. The summed E-state index contributed by atoms with van der Waals surface area (Å²) in [4.78, 5) is 61.1. The van der Waals surface area contributed by atoms with E-state index in [4.69, 9.17) is 0 Å². The Balaban J connectivity index is 0.00000227. The van der Waals surface area contributed by atoms with Crippen LogP contribution in [0.5, 0.6) is 0 Å². The molecule has 0 aromatic heterocycles. The number of amides is 5. The summed E-state index contributed by atoms with van der Waals surface area (Å²) in [5.41, 5.74) is 1.78. The highest BCUT2D eigenvalue weighted by molar-refractivity contribution is 8.00. The lowest BCUT2D eigenvalue weighted by Crippen LogP contribution is -2.46. The van der Waals surface area contributed by atoms with Crippen LogP contribution in [0, 0.1) is 0 Å². The molecule has 1 heterocycles. The highest BCUT2D eigenvalue weighted by atomic mass is 32.2. The number of anilines is 1. The standard InChI is InChI=1S/C21H28N4O5S.C3H8.C2H6/c1-4-14-5-7-15(8-6-14)24-20(29)13(2)23-18(27)12-22-17(26)9-10-25-19(28)11-16(31-3)21(25)30;1-3-2;1-2/h5-8,13,16H,4,9-12H2,1-3H3,(H,22,26)(H,23,27)(H,24,29);3H2,1-2H3;1-2H3. The van der Waals surface area contributed by atoms with E-state index in [0.29, 0.717) is 5.69 Å². The van der Waals surface area contributed by atoms with Crippen molar-refractivity contribution in [3.8, 4) is 0 Å². The number of hydrogen-bond acceptors (Lipinski definition) is 6. The minimum Gasteiger partial charge on any atom is -0.347 e. The third-order valence-corrected chi connectivity index (χ3v) is 5.83. The van der Waals surface area contributed by atoms with Crippen LogP contribution < -0.4 is 16.0 Å². The molecule has 5 amide bonds. The average Bonchev–Trinajstić information content (AvgIpc) is 3.15. The molecule has 1 aliphatic heterocycles. The molecule has 10 heteroatoms. The molecule has 1 fully saturated rings. The number of carbonyl (C=O) groups is 5. The summed E-state index contributed by atoms with van der Waals surface area (Å²) >= 11 is 1.31. The zero-order valence-electron chi connectivity index (χ0n) is 22.6. The van der Waals surface area contributed by atoms with Gasteiger partial charge in [0.1, 0.15) is 6.04 Å². The second-order valence-electron chi connectivity index (χ2n) is 7.87. The summed E-state index contributed by atoms with van der Waals surface area (Å²) in [5.74, 6) is -1.94. The first-order valence-electron chi connectivity index (χ1n) is 12.5. The summed E-state index contributed by atoms with van der Waals surface area (Å²) in [5, 5.41) is 7.28. The number of carbonyl (C=O) groups excluding carboxylic acids is 5. The third kappa shape index (κ3) is 11.7. The SMILES string of the molecule is CC.CCC.CCc1ccc(NC(=O)C(C)NC(=O)CNC(=O)CCN2C(=O)CC(SC)C2=O)cc1. The van der Waals surface area contributed by atoms with Crippen LogP contribution >= 0.6 is 11.8 Å². The first-order chi connectivity index (χ1) is 17.2. The van der Waals surface area contributed by atoms with E-state index < -0.39 is 23.1 Å². The molecule has 2 unspecified atom stereocenters. The minimum atomic E-state index is -0.793. The van der Waals surface area contributed by atoms with Gasteiger partial charge in [0.25, 0.3) is 0 Å². The maximum atomic E-state index is 12.2. The molecule has 1 saturated heterocycles. The number of likely N-dealkylation sites (tertiary alicyclic amines) is 1. The number of imide groups is 1. The second-order valence-corrected chi connectivity index (χ2v) is 8.92. The molecular formula is C26H42N4O5S. The predicted octanol–water partition coefficient (Wildman–Crippen LogP) is 3.13. The van der Waals surface area contributed by atoms with Crippen LogP contribution in [0.15, 0.2) is 24.3 Å². The summed E-state index contributed by atoms with van der Waals surface area (Å²) in [7, 11) is 0. The molecule has 2 rings (SSSR count). The van der Waals surface area contributed by atoms with E-state index in [-0.39, 0.29) is 43.7 Å². The van der Waals surface area contributed by atoms with Gasteiger partial charge in [-0.15, -0.1) is 0 Å². The molecule has 36 heavy (non-hydrogen) atoms. The lowest BCUT2D eigenvalue weighted by atomic mass is 10.1. The predicted molar refractivity (Wildman–Crippen MR) is 146 cm³/mol. The van der Waals surface area contributed by atoms with Crippen LogP contribution in [0.4, 0.5) is 5.69 Å². The largest absolute Gasteiger partial charge is 0.347 e. The van der Waals surface area contributed by atoms with Crippen LogP contribution in [0.3, 0.4) is 0 Å². The normalized spacial score (nSPS) is 15.1. The second kappa shape index (κ2) is 18.4. The van der Waals surface area contributed by atoms with Gasteiger partial charge in [-0.25, -0.2) is 0 Å². The van der Waals surface area contributed by atoms with Crippen molar-refractivity contribution in [2.24, 2.45) is 0 Å². The van der Waals surface area contributed by atoms with E-state index in [1.807, 2.05) is 32.9 Å². The van der Waals surface area contributed by atoms with Crippen LogP contribution in [0.25, 0.3) is 0 Å². The van der Waals surface area contributed by atoms with Crippen molar-refractivity contribution in [2.75, 3.05) is 24.7 Å². The van der Waals surface area contributed by atoms with Gasteiger partial charge < -0.3 is 16.0 Å². The molecule has 9 nitrogen and oxygen atoms in total. The fourth-order valence-corrected chi connectivity index (χ4v) is 3.62. The fourth-order valence-electron chi connectivity index (χ4n) is 2.98. The van der Waals surface area contributed by atoms with E-state index >= 15 is 0 Å². The lowest BCUT2D eigenvalue weighted by molar-refractivity contribution is -0.138. The van der Waals surface area contributed by atoms with E-state index in [1.54, 1.807) is 25.3 Å². The molecule has 0 saturated carbocycles. The summed E-state index contributed by atoms with van der Waals surface area (Å²) in [6.45, 7) is 11.5. The fraction of sp³-hybridized carbons (Fsp3) is 0.577. The Morgan fingerprint density at radius 3 is 2.14 bits per heavy atom. The number of nitrogens with zero attached hydrogens (tertiary/aromatic N) is 1. The number of aryl methyl sites for hydroxylation is 1. The Morgan fingerprint density at radius 1 is 1.06 bits per heavy atom. The maximum absolute atomic E-state index is 12.2. The number of benzene rings is 1. The van der Waals surface area contributed by atoms with Crippen LogP contribution in [0.1, 0.15) is 66.4 Å². The molecule has 0 spiro atoms.